The van der Waals surface area contributed by atoms with Gasteiger partial charge in [0.25, 0.3) is 30.7 Å². The monoisotopic (exact) mass is 504 g/mol. The zero-order valence-electron chi connectivity index (χ0n) is 13.1. The number of halogens is 12. The molecule has 0 aliphatic heterocycles. The standard InChI is InChI=1S/C9H8F12O6S2/c10-6(11,12)4(7(13,14)15)28(22,23)26-2-1-3-27-29(24,25)5(8(16,17)18)9(19,20)21/h4-5H,1-3H2. The fourth-order valence-electron chi connectivity index (χ4n) is 1.57. The summed E-state index contributed by atoms with van der Waals surface area (Å²) in [6, 6.07) is 0. The molecule has 0 aromatic carbocycles. The highest BCUT2D eigenvalue weighted by Crippen LogP contribution is 2.40. The first-order valence-electron chi connectivity index (χ1n) is 6.47. The maximum atomic E-state index is 12.3. The van der Waals surface area contributed by atoms with Gasteiger partial charge in [-0.15, -0.1) is 0 Å². The van der Waals surface area contributed by atoms with E-state index < -0.39 is 75.1 Å². The molecule has 6 nitrogen and oxygen atoms in total. The molecule has 20 heteroatoms. The van der Waals surface area contributed by atoms with E-state index in [1.807, 2.05) is 0 Å². The molecule has 0 atom stereocenters. The van der Waals surface area contributed by atoms with E-state index in [4.69, 9.17) is 0 Å². The van der Waals surface area contributed by atoms with Gasteiger partial charge in [-0.1, -0.05) is 0 Å². The van der Waals surface area contributed by atoms with Gasteiger partial charge in [0.1, 0.15) is 0 Å². The third kappa shape index (κ3) is 8.32. The van der Waals surface area contributed by atoms with Gasteiger partial charge in [0.05, 0.1) is 13.2 Å². The van der Waals surface area contributed by atoms with Gasteiger partial charge < -0.3 is 0 Å². The molecule has 0 saturated heterocycles. The van der Waals surface area contributed by atoms with Gasteiger partial charge in [0.2, 0.25) is 0 Å². The van der Waals surface area contributed by atoms with Crippen LogP contribution in [-0.4, -0.2) is 65.3 Å². The first-order chi connectivity index (χ1) is 12.4. The van der Waals surface area contributed by atoms with Gasteiger partial charge in [0, 0.05) is 0 Å². The molecule has 0 N–H and O–H groups in total. The molecule has 0 bridgehead atoms. The van der Waals surface area contributed by atoms with Crippen LogP contribution in [0.4, 0.5) is 52.7 Å². The van der Waals surface area contributed by atoms with Gasteiger partial charge in [0.15, 0.2) is 0 Å². The lowest BCUT2D eigenvalue weighted by molar-refractivity contribution is -0.229. The molecule has 0 rings (SSSR count). The predicted octanol–water partition coefficient (Wildman–Crippen LogP) is 3.06. The second-order valence-electron chi connectivity index (χ2n) is 4.91. The van der Waals surface area contributed by atoms with Gasteiger partial charge >= 0.3 is 24.7 Å². The Bertz CT molecular complexity index is 653. The minimum Gasteiger partial charge on any atom is -0.269 e. The van der Waals surface area contributed by atoms with Crippen LogP contribution in [-0.2, 0) is 28.6 Å². The molecule has 0 amide bonds. The molecule has 0 aliphatic carbocycles. The molecule has 176 valence electrons. The number of hydrogen-bond acceptors (Lipinski definition) is 6. The van der Waals surface area contributed by atoms with E-state index in [-0.39, 0.29) is 0 Å². The van der Waals surface area contributed by atoms with Crippen molar-refractivity contribution in [2.24, 2.45) is 0 Å². The van der Waals surface area contributed by atoms with Crippen LogP contribution in [0.3, 0.4) is 0 Å². The van der Waals surface area contributed by atoms with Crippen LogP contribution in [0.2, 0.25) is 0 Å². The summed E-state index contributed by atoms with van der Waals surface area (Å²) in [5, 5.41) is -9.99. The molecule has 0 heterocycles. The van der Waals surface area contributed by atoms with E-state index in [2.05, 4.69) is 8.37 Å². The normalized spacial score (nSPS) is 15.4. The lowest BCUT2D eigenvalue weighted by Gasteiger charge is -2.23. The van der Waals surface area contributed by atoms with Crippen molar-refractivity contribution in [2.45, 2.75) is 41.6 Å². The molecule has 0 fully saturated rings. The molecule has 0 spiro atoms. The number of alkyl halides is 12. The molecule has 0 unspecified atom stereocenters. The van der Waals surface area contributed by atoms with Crippen molar-refractivity contribution < 1.29 is 77.9 Å². The average Bonchev–Trinajstić information content (AvgIpc) is 2.28. The van der Waals surface area contributed by atoms with Crippen molar-refractivity contribution >= 4 is 20.2 Å². The van der Waals surface area contributed by atoms with E-state index in [1.54, 1.807) is 0 Å². The maximum Gasteiger partial charge on any atom is 0.416 e. The van der Waals surface area contributed by atoms with Crippen LogP contribution in [0.25, 0.3) is 0 Å². The van der Waals surface area contributed by atoms with Crippen molar-refractivity contribution in [1.29, 1.82) is 0 Å². The third-order valence-corrected chi connectivity index (χ3v) is 5.76. The average molecular weight is 504 g/mol. The Kier molecular flexibility index (Phi) is 8.31. The zero-order chi connectivity index (χ0) is 23.7. The second kappa shape index (κ2) is 8.61. The SMILES string of the molecule is O=S(=O)(OCCCOS(=O)(=O)C(C(F)(F)F)C(F)(F)F)C(C(F)(F)F)C(F)(F)F. The van der Waals surface area contributed by atoms with E-state index in [1.165, 1.54) is 0 Å². The number of rotatable bonds is 8. The Hall–Kier alpha value is -1.02. The van der Waals surface area contributed by atoms with E-state index in [0.29, 0.717) is 0 Å². The van der Waals surface area contributed by atoms with Crippen molar-refractivity contribution in [1.82, 2.24) is 0 Å². The molecule has 29 heavy (non-hydrogen) atoms. The highest BCUT2D eigenvalue weighted by Gasteiger charge is 2.66. The van der Waals surface area contributed by atoms with Crippen LogP contribution >= 0.6 is 0 Å². The van der Waals surface area contributed by atoms with Gasteiger partial charge in [-0.2, -0.15) is 69.5 Å². The lowest BCUT2D eigenvalue weighted by Crippen LogP contribution is -2.49. The molecular weight excluding hydrogens is 496 g/mol. The van der Waals surface area contributed by atoms with Crippen LogP contribution in [0.1, 0.15) is 6.42 Å². The highest BCUT2D eigenvalue weighted by atomic mass is 32.2. The Morgan fingerprint density at radius 3 is 0.897 bits per heavy atom. The van der Waals surface area contributed by atoms with Crippen molar-refractivity contribution in [3.8, 4) is 0 Å². The summed E-state index contributed by atoms with van der Waals surface area (Å²) in [7, 11) is -12.9. The summed E-state index contributed by atoms with van der Waals surface area (Å²) < 4.78 is 198. The molecule has 0 aliphatic rings. The Morgan fingerprint density at radius 1 is 0.517 bits per heavy atom. The minimum absolute atomic E-state index is 1.30. The largest absolute Gasteiger partial charge is 0.416 e. The van der Waals surface area contributed by atoms with Crippen LogP contribution in [0, 0.1) is 0 Å². The first kappa shape index (κ1) is 28.0. The molecule has 0 saturated carbocycles. The molecule has 0 aromatic heterocycles. The van der Waals surface area contributed by atoms with Gasteiger partial charge in [-0.3, -0.25) is 8.37 Å². The van der Waals surface area contributed by atoms with E-state index in [9.17, 15) is 69.5 Å². The summed E-state index contributed by atoms with van der Waals surface area (Å²) in [5.41, 5.74) is 0. The number of hydrogen-bond donors (Lipinski definition) is 0. The summed E-state index contributed by atoms with van der Waals surface area (Å²) in [6.45, 7) is -3.35. The quantitative estimate of drug-likeness (QED) is 0.287. The van der Waals surface area contributed by atoms with Crippen LogP contribution in [0.15, 0.2) is 0 Å². The highest BCUT2D eigenvalue weighted by molar-refractivity contribution is 7.87. The summed E-state index contributed by atoms with van der Waals surface area (Å²) in [4.78, 5) is 0. The predicted molar refractivity (Wildman–Crippen MR) is 66.2 cm³/mol. The minimum atomic E-state index is -6.43. The van der Waals surface area contributed by atoms with Crippen molar-refractivity contribution in [2.75, 3.05) is 13.2 Å². The van der Waals surface area contributed by atoms with E-state index in [0.717, 1.165) is 0 Å². The molecule has 0 aromatic rings. The molecular formula is C9H8F12O6S2. The van der Waals surface area contributed by atoms with Crippen molar-refractivity contribution in [3.05, 3.63) is 0 Å². The Balaban J connectivity index is 5.08. The van der Waals surface area contributed by atoms with E-state index >= 15 is 0 Å². The van der Waals surface area contributed by atoms with Crippen molar-refractivity contribution in [3.63, 3.8) is 0 Å². The Morgan fingerprint density at radius 2 is 0.724 bits per heavy atom. The van der Waals surface area contributed by atoms with Crippen LogP contribution < -0.4 is 0 Å². The Labute approximate surface area is 154 Å². The topological polar surface area (TPSA) is 86.7 Å². The third-order valence-electron chi connectivity index (χ3n) is 2.55. The fourth-order valence-corrected chi connectivity index (χ4v) is 3.85. The molecule has 0 radical (unpaired) electrons. The fraction of sp³-hybridized carbons (Fsp3) is 1.00. The summed E-state index contributed by atoms with van der Waals surface area (Å²) in [6.07, 6.45) is -26.8. The first-order valence-corrected chi connectivity index (χ1v) is 9.41. The van der Waals surface area contributed by atoms with Gasteiger partial charge in [-0.05, 0) is 6.42 Å². The summed E-state index contributed by atoms with van der Waals surface area (Å²) in [5.74, 6) is 0. The second-order valence-corrected chi connectivity index (χ2v) is 8.30. The smallest absolute Gasteiger partial charge is 0.269 e. The summed E-state index contributed by atoms with van der Waals surface area (Å²) >= 11 is 0. The zero-order valence-corrected chi connectivity index (χ0v) is 14.7. The maximum absolute atomic E-state index is 12.3. The lowest BCUT2D eigenvalue weighted by atomic mass is 10.4. The van der Waals surface area contributed by atoms with Gasteiger partial charge in [-0.25, -0.2) is 0 Å². The van der Waals surface area contributed by atoms with Crippen LogP contribution in [0.5, 0.6) is 0 Å².